The van der Waals surface area contributed by atoms with Gasteiger partial charge in [-0.25, -0.2) is 0 Å². The summed E-state index contributed by atoms with van der Waals surface area (Å²) in [5.41, 5.74) is 2.36. The van der Waals surface area contributed by atoms with E-state index in [1.54, 1.807) is 13.0 Å². The highest BCUT2D eigenvalue weighted by Gasteiger charge is 2.20. The molecule has 0 unspecified atom stereocenters. The van der Waals surface area contributed by atoms with Crippen LogP contribution in [0.4, 0.5) is 17.1 Å². The molecule has 1 amide bonds. The second-order valence-electron chi connectivity index (χ2n) is 6.80. The highest BCUT2D eigenvalue weighted by atomic mass is 35.5. The number of piperazine rings is 1. The number of amides is 1. The second-order valence-corrected chi connectivity index (χ2v) is 7.23. The highest BCUT2D eigenvalue weighted by Crippen LogP contribution is 2.31. The summed E-state index contributed by atoms with van der Waals surface area (Å²) < 4.78 is 0. The Morgan fingerprint density at radius 3 is 2.50 bits per heavy atom. The Labute approximate surface area is 169 Å². The fourth-order valence-corrected chi connectivity index (χ4v) is 3.56. The van der Waals surface area contributed by atoms with Crippen molar-refractivity contribution in [3.8, 4) is 0 Å². The number of benzene rings is 2. The molecule has 2 aromatic rings. The van der Waals surface area contributed by atoms with Gasteiger partial charge in [0.15, 0.2) is 0 Å². The number of aryl methyl sites for hydroxylation is 1. The third kappa shape index (κ3) is 4.43. The molecule has 1 saturated heterocycles. The fourth-order valence-electron chi connectivity index (χ4n) is 3.39. The third-order valence-electron chi connectivity index (χ3n) is 5.02. The van der Waals surface area contributed by atoms with Gasteiger partial charge in [0.25, 0.3) is 11.6 Å². The van der Waals surface area contributed by atoms with E-state index in [1.807, 2.05) is 12.1 Å². The first-order chi connectivity index (χ1) is 13.4. The normalized spacial score (nSPS) is 14.8. The monoisotopic (exact) mass is 402 g/mol. The number of nitrogens with zero attached hydrogens (tertiary/aromatic N) is 3. The van der Waals surface area contributed by atoms with E-state index < -0.39 is 4.92 Å². The Bertz CT molecular complexity index is 895. The van der Waals surface area contributed by atoms with Gasteiger partial charge in [0, 0.05) is 48.4 Å². The lowest BCUT2D eigenvalue weighted by Gasteiger charge is -2.36. The molecule has 0 aliphatic carbocycles. The van der Waals surface area contributed by atoms with E-state index in [2.05, 4.69) is 22.0 Å². The molecule has 1 aliphatic heterocycles. The number of halogens is 1. The summed E-state index contributed by atoms with van der Waals surface area (Å²) in [5, 5.41) is 14.4. The van der Waals surface area contributed by atoms with Crippen LogP contribution in [0.3, 0.4) is 0 Å². The number of hydrogen-bond acceptors (Lipinski definition) is 5. The molecule has 28 heavy (non-hydrogen) atoms. The second kappa shape index (κ2) is 8.58. The molecule has 0 atom stereocenters. The molecule has 1 heterocycles. The maximum absolute atomic E-state index is 12.7. The maximum atomic E-state index is 12.7. The maximum Gasteiger partial charge on any atom is 0.272 e. The van der Waals surface area contributed by atoms with Gasteiger partial charge in [-0.15, -0.1) is 0 Å². The molecule has 2 aromatic carbocycles. The number of anilines is 2. The van der Waals surface area contributed by atoms with Crippen LogP contribution in [0.2, 0.25) is 5.02 Å². The van der Waals surface area contributed by atoms with Gasteiger partial charge in [-0.3, -0.25) is 14.9 Å². The van der Waals surface area contributed by atoms with Crippen molar-refractivity contribution in [3.63, 3.8) is 0 Å². The average Bonchev–Trinajstić information content (AvgIpc) is 2.68. The van der Waals surface area contributed by atoms with Crippen LogP contribution in [0.5, 0.6) is 0 Å². The molecule has 0 saturated carbocycles. The van der Waals surface area contributed by atoms with Gasteiger partial charge >= 0.3 is 0 Å². The molecular formula is C20H23ClN4O3. The average molecular weight is 403 g/mol. The quantitative estimate of drug-likeness (QED) is 0.605. The predicted octanol–water partition coefficient (Wildman–Crippen LogP) is 3.95. The fraction of sp³-hybridized carbons (Fsp3) is 0.350. The smallest absolute Gasteiger partial charge is 0.272 e. The van der Waals surface area contributed by atoms with E-state index in [-0.39, 0.29) is 11.6 Å². The lowest BCUT2D eigenvalue weighted by molar-refractivity contribution is -0.385. The van der Waals surface area contributed by atoms with E-state index >= 15 is 0 Å². The number of nitrogens with one attached hydrogen (secondary N) is 1. The van der Waals surface area contributed by atoms with Crippen LogP contribution in [0.25, 0.3) is 0 Å². The molecule has 0 aromatic heterocycles. The Kier molecular flexibility index (Phi) is 6.16. The summed E-state index contributed by atoms with van der Waals surface area (Å²) in [5.74, 6) is -0.325. The summed E-state index contributed by atoms with van der Waals surface area (Å²) in [6, 6.07) is 9.81. The van der Waals surface area contributed by atoms with Gasteiger partial charge in [-0.1, -0.05) is 18.5 Å². The summed E-state index contributed by atoms with van der Waals surface area (Å²) in [7, 11) is 0. The standard InChI is InChI=1S/C20H23ClN4O3/c1-3-23-8-10-24(11-9-23)19-7-5-16(21)13-17(19)22-20(26)15-4-6-18(25(27)28)14(2)12-15/h4-7,12-13H,3,8-11H2,1-2H3,(H,22,26). The first-order valence-corrected chi connectivity index (χ1v) is 9.60. The highest BCUT2D eigenvalue weighted by molar-refractivity contribution is 6.31. The van der Waals surface area contributed by atoms with Crippen molar-refractivity contribution in [1.82, 2.24) is 4.90 Å². The van der Waals surface area contributed by atoms with Gasteiger partial charge < -0.3 is 15.1 Å². The minimum absolute atomic E-state index is 0.00575. The van der Waals surface area contributed by atoms with Gasteiger partial charge in [0.2, 0.25) is 0 Å². The number of carbonyl (C=O) groups excluding carboxylic acids is 1. The molecule has 0 bridgehead atoms. The summed E-state index contributed by atoms with van der Waals surface area (Å²) in [6.07, 6.45) is 0. The molecule has 1 N–H and O–H groups in total. The number of nitro groups is 1. The Balaban J connectivity index is 1.82. The molecule has 0 radical (unpaired) electrons. The van der Waals surface area contributed by atoms with Crippen molar-refractivity contribution in [2.45, 2.75) is 13.8 Å². The zero-order valence-corrected chi connectivity index (χ0v) is 16.7. The van der Waals surface area contributed by atoms with Gasteiger partial charge in [0.05, 0.1) is 16.3 Å². The molecule has 7 nitrogen and oxygen atoms in total. The topological polar surface area (TPSA) is 78.7 Å². The van der Waals surface area contributed by atoms with Crippen LogP contribution in [0, 0.1) is 17.0 Å². The summed E-state index contributed by atoms with van der Waals surface area (Å²) in [4.78, 5) is 27.9. The minimum atomic E-state index is -0.456. The van der Waals surface area contributed by atoms with Crippen molar-refractivity contribution in [3.05, 3.63) is 62.7 Å². The molecule has 148 valence electrons. The van der Waals surface area contributed by atoms with Gasteiger partial charge in [-0.05, 0) is 43.8 Å². The van der Waals surface area contributed by atoms with E-state index in [0.29, 0.717) is 21.8 Å². The van der Waals surface area contributed by atoms with Crippen molar-refractivity contribution >= 4 is 34.6 Å². The van der Waals surface area contributed by atoms with E-state index in [4.69, 9.17) is 11.6 Å². The number of rotatable bonds is 5. The van der Waals surface area contributed by atoms with E-state index in [0.717, 1.165) is 38.4 Å². The third-order valence-corrected chi connectivity index (χ3v) is 5.26. The lowest BCUT2D eigenvalue weighted by Crippen LogP contribution is -2.46. The first-order valence-electron chi connectivity index (χ1n) is 9.22. The predicted molar refractivity (Wildman–Crippen MR) is 112 cm³/mol. The summed E-state index contributed by atoms with van der Waals surface area (Å²) in [6.45, 7) is 8.46. The SMILES string of the molecule is CCN1CCN(c2ccc(Cl)cc2NC(=O)c2ccc([N+](=O)[O-])c(C)c2)CC1. The first kappa shape index (κ1) is 20.1. The van der Waals surface area contributed by atoms with Crippen LogP contribution in [-0.2, 0) is 0 Å². The Morgan fingerprint density at radius 1 is 1.18 bits per heavy atom. The molecule has 0 spiro atoms. The van der Waals surface area contributed by atoms with Crippen LogP contribution in [0.1, 0.15) is 22.8 Å². The van der Waals surface area contributed by atoms with Crippen LogP contribution >= 0.6 is 11.6 Å². The molecular weight excluding hydrogens is 380 g/mol. The number of carbonyl (C=O) groups is 1. The molecule has 1 fully saturated rings. The number of hydrogen-bond donors (Lipinski definition) is 1. The summed E-state index contributed by atoms with van der Waals surface area (Å²) >= 11 is 6.16. The molecule has 1 aliphatic rings. The Hall–Kier alpha value is -2.64. The van der Waals surface area contributed by atoms with Crippen molar-refractivity contribution in [1.29, 1.82) is 0 Å². The van der Waals surface area contributed by atoms with Crippen molar-refractivity contribution in [2.24, 2.45) is 0 Å². The van der Waals surface area contributed by atoms with E-state index in [9.17, 15) is 14.9 Å². The minimum Gasteiger partial charge on any atom is -0.367 e. The Morgan fingerprint density at radius 2 is 1.89 bits per heavy atom. The largest absolute Gasteiger partial charge is 0.367 e. The van der Waals surface area contributed by atoms with Crippen molar-refractivity contribution < 1.29 is 9.72 Å². The van der Waals surface area contributed by atoms with Crippen LogP contribution < -0.4 is 10.2 Å². The number of likely N-dealkylation sites (N-methyl/N-ethyl adjacent to an activating group) is 1. The van der Waals surface area contributed by atoms with E-state index in [1.165, 1.54) is 18.2 Å². The molecule has 3 rings (SSSR count). The molecule has 8 heteroatoms. The zero-order valence-electron chi connectivity index (χ0n) is 15.9. The van der Waals surface area contributed by atoms with Gasteiger partial charge in [-0.2, -0.15) is 0 Å². The lowest BCUT2D eigenvalue weighted by atomic mass is 10.1. The van der Waals surface area contributed by atoms with Crippen LogP contribution in [0.15, 0.2) is 36.4 Å². The van der Waals surface area contributed by atoms with Crippen LogP contribution in [-0.4, -0.2) is 48.5 Å². The zero-order chi connectivity index (χ0) is 20.3. The van der Waals surface area contributed by atoms with Gasteiger partial charge in [0.1, 0.15) is 0 Å². The number of nitro benzene ring substituents is 1. The van der Waals surface area contributed by atoms with Crippen molar-refractivity contribution in [2.75, 3.05) is 42.9 Å².